The average Bonchev–Trinajstić information content (AvgIpc) is 2.53. The first kappa shape index (κ1) is 16.5. The van der Waals surface area contributed by atoms with Crippen molar-refractivity contribution in [1.82, 2.24) is 5.32 Å². The number of amides is 1. The Morgan fingerprint density at radius 1 is 1.26 bits per heavy atom. The summed E-state index contributed by atoms with van der Waals surface area (Å²) in [5, 5.41) is 25.3. The Hall–Kier alpha value is -2.86. The molecule has 0 saturated carbocycles. The monoisotopic (exact) mass is 331 g/mol. The van der Waals surface area contributed by atoms with Crippen LogP contribution in [0.3, 0.4) is 0 Å². The molecule has 0 bridgehead atoms. The van der Waals surface area contributed by atoms with E-state index in [2.05, 4.69) is 5.32 Å². The van der Waals surface area contributed by atoms with Crippen molar-refractivity contribution in [2.45, 2.75) is 6.54 Å². The minimum Gasteiger partial charge on any atom is -0.872 e. The highest BCUT2D eigenvalue weighted by atomic mass is 35.5. The Balaban J connectivity index is 2.01. The lowest BCUT2D eigenvalue weighted by molar-refractivity contribution is -0.385. The number of hydrogen-bond donors (Lipinski definition) is 1. The molecule has 0 heterocycles. The van der Waals surface area contributed by atoms with Gasteiger partial charge in [-0.1, -0.05) is 35.9 Å². The number of hydrogen-bond acceptors (Lipinski definition) is 4. The third-order valence-electron chi connectivity index (χ3n) is 3.03. The molecule has 6 nitrogen and oxygen atoms in total. The topological polar surface area (TPSA) is 95.3 Å². The van der Waals surface area contributed by atoms with Crippen molar-refractivity contribution in [2.75, 3.05) is 0 Å². The van der Waals surface area contributed by atoms with Gasteiger partial charge in [-0.15, -0.1) is 5.75 Å². The summed E-state index contributed by atoms with van der Waals surface area (Å²) < 4.78 is 0. The lowest BCUT2D eigenvalue weighted by Crippen LogP contribution is -2.21. The molecule has 0 atom stereocenters. The van der Waals surface area contributed by atoms with E-state index in [-0.39, 0.29) is 23.5 Å². The second-order valence-corrected chi connectivity index (χ2v) is 5.03. The van der Waals surface area contributed by atoms with E-state index < -0.39 is 10.8 Å². The van der Waals surface area contributed by atoms with E-state index in [9.17, 15) is 20.0 Å². The Labute approximate surface area is 137 Å². The van der Waals surface area contributed by atoms with Crippen molar-refractivity contribution in [2.24, 2.45) is 0 Å². The van der Waals surface area contributed by atoms with Gasteiger partial charge in [-0.05, 0) is 23.3 Å². The van der Waals surface area contributed by atoms with Gasteiger partial charge in [0.2, 0.25) is 5.91 Å². The lowest BCUT2D eigenvalue weighted by atomic mass is 10.1. The summed E-state index contributed by atoms with van der Waals surface area (Å²) in [6.07, 6.45) is 2.83. The Morgan fingerprint density at radius 2 is 2.00 bits per heavy atom. The zero-order chi connectivity index (χ0) is 16.8. The van der Waals surface area contributed by atoms with Gasteiger partial charge < -0.3 is 10.4 Å². The summed E-state index contributed by atoms with van der Waals surface area (Å²) in [4.78, 5) is 21.8. The minimum absolute atomic E-state index is 0.0911. The van der Waals surface area contributed by atoms with Crippen molar-refractivity contribution in [1.29, 1.82) is 0 Å². The van der Waals surface area contributed by atoms with E-state index in [0.29, 0.717) is 10.6 Å². The maximum atomic E-state index is 11.8. The van der Waals surface area contributed by atoms with Gasteiger partial charge in [0.05, 0.1) is 4.92 Å². The second-order valence-electron chi connectivity index (χ2n) is 4.62. The van der Waals surface area contributed by atoms with Crippen LogP contribution in [-0.2, 0) is 11.3 Å². The van der Waals surface area contributed by atoms with Crippen molar-refractivity contribution in [3.63, 3.8) is 0 Å². The van der Waals surface area contributed by atoms with Crippen molar-refractivity contribution in [3.8, 4) is 5.75 Å². The third-order valence-corrected chi connectivity index (χ3v) is 3.37. The zero-order valence-corrected chi connectivity index (χ0v) is 12.6. The number of rotatable bonds is 5. The molecular formula is C16H12ClN2O4-. The Bertz CT molecular complexity index is 774. The van der Waals surface area contributed by atoms with Crippen LogP contribution in [-0.4, -0.2) is 10.8 Å². The number of nitrogens with one attached hydrogen (secondary N) is 1. The average molecular weight is 332 g/mol. The van der Waals surface area contributed by atoms with Crippen molar-refractivity contribution < 1.29 is 14.8 Å². The molecule has 0 aliphatic rings. The zero-order valence-electron chi connectivity index (χ0n) is 11.9. The van der Waals surface area contributed by atoms with Gasteiger partial charge in [-0.2, -0.15) is 0 Å². The van der Waals surface area contributed by atoms with Gasteiger partial charge in [0.25, 0.3) is 5.69 Å². The van der Waals surface area contributed by atoms with Crippen LogP contribution in [0.25, 0.3) is 6.08 Å². The molecule has 0 fully saturated rings. The van der Waals surface area contributed by atoms with E-state index in [4.69, 9.17) is 11.6 Å². The molecule has 7 heteroatoms. The fraction of sp³-hybridized carbons (Fsp3) is 0.0625. The molecule has 2 aromatic rings. The molecule has 0 aromatic heterocycles. The van der Waals surface area contributed by atoms with E-state index in [1.54, 1.807) is 30.3 Å². The molecule has 0 aliphatic carbocycles. The molecule has 2 aromatic carbocycles. The van der Waals surface area contributed by atoms with Gasteiger partial charge in [0, 0.05) is 29.8 Å². The second kappa shape index (κ2) is 7.42. The first-order valence-corrected chi connectivity index (χ1v) is 7.00. The number of benzene rings is 2. The molecular weight excluding hydrogens is 320 g/mol. The molecule has 0 spiro atoms. The molecule has 2 rings (SSSR count). The van der Waals surface area contributed by atoms with Gasteiger partial charge in [-0.3, -0.25) is 14.9 Å². The number of carbonyl (C=O) groups excluding carboxylic acids is 1. The molecule has 0 saturated heterocycles. The van der Waals surface area contributed by atoms with Gasteiger partial charge in [-0.25, -0.2) is 0 Å². The first-order chi connectivity index (χ1) is 11.0. The number of nitro groups is 1. The molecule has 0 aliphatic heterocycles. The predicted molar refractivity (Wildman–Crippen MR) is 84.9 cm³/mol. The highest BCUT2D eigenvalue weighted by Crippen LogP contribution is 2.20. The van der Waals surface area contributed by atoms with Gasteiger partial charge >= 0.3 is 0 Å². The summed E-state index contributed by atoms with van der Waals surface area (Å²) in [5.74, 6) is -0.804. The van der Waals surface area contributed by atoms with E-state index in [1.165, 1.54) is 6.08 Å². The lowest BCUT2D eigenvalue weighted by Gasteiger charge is -2.12. The van der Waals surface area contributed by atoms with E-state index in [0.717, 1.165) is 18.2 Å². The Morgan fingerprint density at radius 3 is 2.70 bits per heavy atom. The normalized spacial score (nSPS) is 10.7. The number of carbonyl (C=O) groups is 1. The fourth-order valence-electron chi connectivity index (χ4n) is 1.83. The number of non-ortho nitro benzene ring substituents is 1. The molecule has 0 unspecified atom stereocenters. The molecule has 118 valence electrons. The summed E-state index contributed by atoms with van der Waals surface area (Å²) >= 11 is 5.96. The minimum atomic E-state index is -0.595. The first-order valence-electron chi connectivity index (χ1n) is 6.62. The standard InChI is InChI=1S/C16H13ClN2O4/c17-14-4-2-1-3-11(14)5-8-16(21)18-10-12-9-13(19(22)23)6-7-15(12)20/h1-9,20H,10H2,(H,18,21)/p-1/b8-5+. The summed E-state index contributed by atoms with van der Waals surface area (Å²) in [6, 6.07) is 10.4. The van der Waals surface area contributed by atoms with Crippen LogP contribution in [0.1, 0.15) is 11.1 Å². The van der Waals surface area contributed by atoms with Crippen LogP contribution >= 0.6 is 11.6 Å². The predicted octanol–water partition coefficient (Wildman–Crippen LogP) is 2.65. The van der Waals surface area contributed by atoms with Crippen molar-refractivity contribution >= 4 is 29.3 Å². The number of nitro benzene ring substituents is 1. The number of halogens is 1. The van der Waals surface area contributed by atoms with Crippen LogP contribution in [0.4, 0.5) is 5.69 Å². The highest BCUT2D eigenvalue weighted by molar-refractivity contribution is 6.32. The van der Waals surface area contributed by atoms with E-state index >= 15 is 0 Å². The maximum absolute atomic E-state index is 11.8. The van der Waals surface area contributed by atoms with Crippen LogP contribution in [0.15, 0.2) is 48.5 Å². The molecule has 1 amide bonds. The molecule has 1 N–H and O–H groups in total. The SMILES string of the molecule is O=C(/C=C/c1ccccc1Cl)NCc1cc([N+](=O)[O-])ccc1[O-]. The van der Waals surface area contributed by atoms with E-state index in [1.807, 2.05) is 0 Å². The summed E-state index contributed by atoms with van der Waals surface area (Å²) in [6.45, 7) is -0.0911. The van der Waals surface area contributed by atoms with Gasteiger partial charge in [0.15, 0.2) is 0 Å². The molecule has 0 radical (unpaired) electrons. The highest BCUT2D eigenvalue weighted by Gasteiger charge is 2.07. The van der Waals surface area contributed by atoms with Crippen molar-refractivity contribution in [3.05, 3.63) is 74.8 Å². The summed E-state index contributed by atoms with van der Waals surface area (Å²) in [7, 11) is 0. The largest absolute Gasteiger partial charge is 0.872 e. The smallest absolute Gasteiger partial charge is 0.269 e. The number of nitrogens with zero attached hydrogens (tertiary/aromatic N) is 1. The van der Waals surface area contributed by atoms with Crippen LogP contribution in [0.2, 0.25) is 5.02 Å². The fourth-order valence-corrected chi connectivity index (χ4v) is 2.03. The maximum Gasteiger partial charge on any atom is 0.269 e. The quantitative estimate of drug-likeness (QED) is 0.517. The van der Waals surface area contributed by atoms with Crippen LogP contribution in [0, 0.1) is 10.1 Å². The molecule has 23 heavy (non-hydrogen) atoms. The Kier molecular flexibility index (Phi) is 5.32. The third kappa shape index (κ3) is 4.55. The van der Waals surface area contributed by atoms with Crippen LogP contribution < -0.4 is 10.4 Å². The van der Waals surface area contributed by atoms with Crippen LogP contribution in [0.5, 0.6) is 5.75 Å². The summed E-state index contributed by atoms with van der Waals surface area (Å²) in [5.41, 5.74) is 0.642. The van der Waals surface area contributed by atoms with Gasteiger partial charge in [0.1, 0.15) is 0 Å².